The molecule has 0 bridgehead atoms. The second-order valence-corrected chi connectivity index (χ2v) is 6.22. The summed E-state index contributed by atoms with van der Waals surface area (Å²) < 4.78 is 1.86. The normalized spacial score (nSPS) is 24.7. The van der Waals surface area contributed by atoms with Gasteiger partial charge in [-0.2, -0.15) is 5.10 Å². The lowest BCUT2D eigenvalue weighted by atomic mass is 9.93. The Kier molecular flexibility index (Phi) is 3.73. The Morgan fingerprint density at radius 1 is 1.50 bits per heavy atom. The van der Waals surface area contributed by atoms with Crippen LogP contribution in [0, 0.1) is 5.92 Å². The van der Waals surface area contributed by atoms with E-state index < -0.39 is 0 Å². The van der Waals surface area contributed by atoms with Gasteiger partial charge in [0.05, 0.1) is 6.54 Å². The van der Waals surface area contributed by atoms with Crippen LogP contribution in [-0.4, -0.2) is 44.3 Å². The molecule has 1 N–H and O–H groups in total. The largest absolute Gasteiger partial charge is 0.311 e. The van der Waals surface area contributed by atoms with Gasteiger partial charge in [0.2, 0.25) is 0 Å². The first-order valence-corrected chi connectivity index (χ1v) is 6.71. The fraction of sp³-hybridized carbons (Fsp3) is 0.846. The minimum atomic E-state index is 0.164. The Labute approximate surface area is 110 Å². The van der Waals surface area contributed by atoms with Gasteiger partial charge in [0.25, 0.3) is 0 Å². The number of hydrogen-bond donors (Lipinski definition) is 1. The summed E-state index contributed by atoms with van der Waals surface area (Å²) in [5, 5.41) is 7.80. The van der Waals surface area contributed by atoms with Crippen molar-refractivity contribution in [2.45, 2.75) is 45.8 Å². The second kappa shape index (κ2) is 4.97. The Hall–Kier alpha value is -0.940. The number of aryl methyl sites for hydroxylation is 1. The molecule has 1 aromatic rings. The summed E-state index contributed by atoms with van der Waals surface area (Å²) in [6.07, 6.45) is 1.63. The van der Waals surface area contributed by atoms with Crippen molar-refractivity contribution < 1.29 is 0 Å². The van der Waals surface area contributed by atoms with Crippen LogP contribution in [0.3, 0.4) is 0 Å². The molecule has 1 aliphatic rings. The van der Waals surface area contributed by atoms with E-state index in [0.29, 0.717) is 12.0 Å². The topological polar surface area (TPSA) is 46.0 Å². The SMILES string of the molecule is CC(C)C1CN(Cc2ncnn2C)C(C)(C)CN1. The number of hydrogen-bond acceptors (Lipinski definition) is 4. The molecule has 5 nitrogen and oxygen atoms in total. The number of piperazine rings is 1. The third-order valence-corrected chi connectivity index (χ3v) is 4.01. The van der Waals surface area contributed by atoms with Gasteiger partial charge < -0.3 is 5.32 Å². The monoisotopic (exact) mass is 251 g/mol. The van der Waals surface area contributed by atoms with Crippen LogP contribution >= 0.6 is 0 Å². The second-order valence-electron chi connectivity index (χ2n) is 6.22. The average Bonchev–Trinajstić information content (AvgIpc) is 2.67. The fourth-order valence-electron chi connectivity index (χ4n) is 2.40. The van der Waals surface area contributed by atoms with Crippen molar-refractivity contribution in [2.75, 3.05) is 13.1 Å². The lowest BCUT2D eigenvalue weighted by Crippen LogP contribution is -2.62. The van der Waals surface area contributed by atoms with Crippen LogP contribution in [0.15, 0.2) is 6.33 Å². The van der Waals surface area contributed by atoms with Crippen LogP contribution in [0.25, 0.3) is 0 Å². The predicted molar refractivity (Wildman–Crippen MR) is 72.1 cm³/mol. The molecule has 0 amide bonds. The lowest BCUT2D eigenvalue weighted by Gasteiger charge is -2.47. The Morgan fingerprint density at radius 2 is 2.22 bits per heavy atom. The quantitative estimate of drug-likeness (QED) is 0.871. The molecule has 2 heterocycles. The minimum Gasteiger partial charge on any atom is -0.311 e. The van der Waals surface area contributed by atoms with Gasteiger partial charge in [-0.1, -0.05) is 13.8 Å². The highest BCUT2D eigenvalue weighted by molar-refractivity contribution is 4.96. The number of aromatic nitrogens is 3. The van der Waals surface area contributed by atoms with E-state index in [1.807, 2.05) is 11.7 Å². The summed E-state index contributed by atoms with van der Waals surface area (Å²) in [7, 11) is 1.96. The highest BCUT2D eigenvalue weighted by Gasteiger charge is 2.35. The number of nitrogens with one attached hydrogen (secondary N) is 1. The van der Waals surface area contributed by atoms with Gasteiger partial charge in [0.15, 0.2) is 0 Å². The van der Waals surface area contributed by atoms with Gasteiger partial charge in [-0.15, -0.1) is 0 Å². The highest BCUT2D eigenvalue weighted by Crippen LogP contribution is 2.22. The predicted octanol–water partition coefficient (Wildman–Crippen LogP) is 1.02. The zero-order chi connectivity index (χ0) is 13.3. The van der Waals surface area contributed by atoms with Crippen LogP contribution in [0.1, 0.15) is 33.5 Å². The molecule has 18 heavy (non-hydrogen) atoms. The molecule has 1 saturated heterocycles. The van der Waals surface area contributed by atoms with Gasteiger partial charge in [0.1, 0.15) is 12.2 Å². The maximum Gasteiger partial charge on any atom is 0.140 e. The zero-order valence-electron chi connectivity index (χ0n) is 12.1. The molecule has 1 fully saturated rings. The van der Waals surface area contributed by atoms with E-state index >= 15 is 0 Å². The van der Waals surface area contributed by atoms with Gasteiger partial charge in [-0.05, 0) is 19.8 Å². The standard InChI is InChI=1S/C13H25N5/c1-10(2)11-6-18(13(3,4)8-14-11)7-12-15-9-16-17(12)5/h9-11,14H,6-8H2,1-5H3. The van der Waals surface area contributed by atoms with Gasteiger partial charge in [0, 0.05) is 31.7 Å². The molecule has 0 aromatic carbocycles. The zero-order valence-corrected chi connectivity index (χ0v) is 12.1. The summed E-state index contributed by atoms with van der Waals surface area (Å²) >= 11 is 0. The summed E-state index contributed by atoms with van der Waals surface area (Å²) in [5.74, 6) is 1.69. The van der Waals surface area contributed by atoms with E-state index in [4.69, 9.17) is 0 Å². The molecular weight excluding hydrogens is 226 g/mol. The van der Waals surface area contributed by atoms with Gasteiger partial charge in [-0.3, -0.25) is 9.58 Å². The van der Waals surface area contributed by atoms with Crippen LogP contribution in [0.4, 0.5) is 0 Å². The van der Waals surface area contributed by atoms with Crippen molar-refractivity contribution in [3.05, 3.63) is 12.2 Å². The molecule has 1 unspecified atom stereocenters. The van der Waals surface area contributed by atoms with Crippen molar-refractivity contribution >= 4 is 0 Å². The first-order chi connectivity index (χ1) is 8.40. The number of rotatable bonds is 3. The Balaban J connectivity index is 2.10. The van der Waals surface area contributed by atoms with E-state index in [1.54, 1.807) is 6.33 Å². The first-order valence-electron chi connectivity index (χ1n) is 6.71. The maximum atomic E-state index is 4.34. The van der Waals surface area contributed by atoms with Crippen molar-refractivity contribution in [1.29, 1.82) is 0 Å². The molecule has 0 spiro atoms. The molecule has 2 rings (SSSR count). The summed E-state index contributed by atoms with van der Waals surface area (Å²) in [4.78, 5) is 6.85. The summed E-state index contributed by atoms with van der Waals surface area (Å²) in [6, 6.07) is 0.561. The first kappa shape index (κ1) is 13.5. The van der Waals surface area contributed by atoms with Crippen LogP contribution < -0.4 is 5.32 Å². The highest BCUT2D eigenvalue weighted by atomic mass is 15.4. The molecular formula is C13H25N5. The molecule has 1 aliphatic heterocycles. The lowest BCUT2D eigenvalue weighted by molar-refractivity contribution is 0.0443. The van der Waals surface area contributed by atoms with Gasteiger partial charge >= 0.3 is 0 Å². The van der Waals surface area contributed by atoms with E-state index in [9.17, 15) is 0 Å². The van der Waals surface area contributed by atoms with Crippen molar-refractivity contribution in [2.24, 2.45) is 13.0 Å². The smallest absolute Gasteiger partial charge is 0.140 e. The number of nitrogens with zero attached hydrogens (tertiary/aromatic N) is 4. The van der Waals surface area contributed by atoms with Crippen molar-refractivity contribution in [3.8, 4) is 0 Å². The van der Waals surface area contributed by atoms with Crippen molar-refractivity contribution in [1.82, 2.24) is 25.0 Å². The van der Waals surface area contributed by atoms with Gasteiger partial charge in [-0.25, -0.2) is 4.98 Å². The molecule has 0 aliphatic carbocycles. The Morgan fingerprint density at radius 3 is 2.78 bits per heavy atom. The molecule has 0 radical (unpaired) electrons. The van der Waals surface area contributed by atoms with E-state index in [-0.39, 0.29) is 5.54 Å². The third-order valence-electron chi connectivity index (χ3n) is 4.01. The van der Waals surface area contributed by atoms with Crippen LogP contribution in [0.2, 0.25) is 0 Å². The molecule has 1 aromatic heterocycles. The van der Waals surface area contributed by atoms with E-state index in [0.717, 1.165) is 25.5 Å². The Bertz CT molecular complexity index is 396. The van der Waals surface area contributed by atoms with Crippen LogP contribution in [-0.2, 0) is 13.6 Å². The molecule has 5 heteroatoms. The maximum absolute atomic E-state index is 4.34. The van der Waals surface area contributed by atoms with Crippen molar-refractivity contribution in [3.63, 3.8) is 0 Å². The van der Waals surface area contributed by atoms with Crippen LogP contribution in [0.5, 0.6) is 0 Å². The van der Waals surface area contributed by atoms with E-state index in [2.05, 4.69) is 48.0 Å². The third kappa shape index (κ3) is 2.72. The molecule has 1 atom stereocenters. The summed E-state index contributed by atoms with van der Waals surface area (Å²) in [6.45, 7) is 12.1. The minimum absolute atomic E-state index is 0.164. The molecule has 0 saturated carbocycles. The van der Waals surface area contributed by atoms with E-state index in [1.165, 1.54) is 0 Å². The molecule has 102 valence electrons. The summed E-state index contributed by atoms with van der Waals surface area (Å²) in [5.41, 5.74) is 0.164. The average molecular weight is 251 g/mol. The fourth-order valence-corrected chi connectivity index (χ4v) is 2.40.